The van der Waals surface area contributed by atoms with Crippen molar-refractivity contribution in [1.82, 2.24) is 0 Å². The van der Waals surface area contributed by atoms with Gasteiger partial charge in [-0.25, -0.2) is 12.8 Å². The van der Waals surface area contributed by atoms with Crippen LogP contribution < -0.4 is 4.90 Å². The molecule has 4 nitrogen and oxygen atoms in total. The molecule has 0 spiro atoms. The molecule has 0 aliphatic carbocycles. The van der Waals surface area contributed by atoms with Crippen molar-refractivity contribution in [2.24, 2.45) is 0 Å². The minimum absolute atomic E-state index is 0.0196. The quantitative estimate of drug-likeness (QED) is 0.851. The smallest absolute Gasteiger partial charge is 0.149 e. The fraction of sp³-hybridized carbons (Fsp3) is 0.455. The molecule has 0 fully saturated rings. The Morgan fingerprint density at radius 2 is 2.06 bits per heavy atom. The predicted octanol–water partition coefficient (Wildman–Crippen LogP) is 0.799. The predicted molar refractivity (Wildman–Crippen MR) is 65.3 cm³/mol. The van der Waals surface area contributed by atoms with E-state index in [1.165, 1.54) is 24.5 Å². The summed E-state index contributed by atoms with van der Waals surface area (Å²) in [6.45, 7) is 0.0216. The Kier molecular flexibility index (Phi) is 4.47. The minimum atomic E-state index is -3.03. The molecule has 0 aliphatic heterocycles. The average Bonchev–Trinajstić information content (AvgIpc) is 2.24. The van der Waals surface area contributed by atoms with E-state index < -0.39 is 15.7 Å². The fourth-order valence-electron chi connectivity index (χ4n) is 1.48. The maximum Gasteiger partial charge on any atom is 0.149 e. The topological polar surface area (TPSA) is 57.6 Å². The van der Waals surface area contributed by atoms with Gasteiger partial charge in [0.05, 0.1) is 12.4 Å². The fourth-order valence-corrected chi connectivity index (χ4v) is 2.08. The monoisotopic (exact) mass is 261 g/mol. The van der Waals surface area contributed by atoms with Crippen LogP contribution in [-0.2, 0) is 16.4 Å². The summed E-state index contributed by atoms with van der Waals surface area (Å²) in [5.41, 5.74) is 1.08. The molecule has 0 unspecified atom stereocenters. The zero-order valence-electron chi connectivity index (χ0n) is 9.85. The summed E-state index contributed by atoms with van der Waals surface area (Å²) in [5, 5.41) is 9.11. The van der Waals surface area contributed by atoms with Crippen molar-refractivity contribution in [2.75, 3.05) is 30.5 Å². The number of benzene rings is 1. The number of halogens is 1. The van der Waals surface area contributed by atoms with Gasteiger partial charge in [-0.2, -0.15) is 0 Å². The largest absolute Gasteiger partial charge is 0.392 e. The van der Waals surface area contributed by atoms with Gasteiger partial charge in [0.2, 0.25) is 0 Å². The standard InChI is InChI=1S/C11H16FNO3S/c1-13(5-6-17(2,15)16)11-4-3-10(12)7-9(11)8-14/h3-4,7,14H,5-6,8H2,1-2H3. The van der Waals surface area contributed by atoms with Gasteiger partial charge in [0.1, 0.15) is 15.7 Å². The van der Waals surface area contributed by atoms with Crippen LogP contribution in [0.1, 0.15) is 5.56 Å². The minimum Gasteiger partial charge on any atom is -0.392 e. The highest BCUT2D eigenvalue weighted by molar-refractivity contribution is 7.90. The molecule has 0 aromatic heterocycles. The number of rotatable bonds is 5. The highest BCUT2D eigenvalue weighted by Crippen LogP contribution is 2.20. The lowest BCUT2D eigenvalue weighted by atomic mass is 10.1. The molecule has 0 saturated heterocycles. The van der Waals surface area contributed by atoms with Gasteiger partial charge in [-0.3, -0.25) is 0 Å². The van der Waals surface area contributed by atoms with E-state index in [0.29, 0.717) is 17.8 Å². The Labute approximate surface area is 101 Å². The van der Waals surface area contributed by atoms with Crippen molar-refractivity contribution in [2.45, 2.75) is 6.61 Å². The first-order valence-electron chi connectivity index (χ1n) is 5.11. The molecule has 1 rings (SSSR count). The molecule has 1 aromatic carbocycles. The molecule has 0 heterocycles. The number of sulfone groups is 1. The normalized spacial score (nSPS) is 11.5. The van der Waals surface area contributed by atoms with E-state index in [2.05, 4.69) is 0 Å². The molecule has 0 bridgehead atoms. The zero-order chi connectivity index (χ0) is 13.1. The second-order valence-corrected chi connectivity index (χ2v) is 6.24. The summed E-state index contributed by atoms with van der Waals surface area (Å²) in [5.74, 6) is -0.402. The zero-order valence-corrected chi connectivity index (χ0v) is 10.7. The van der Waals surface area contributed by atoms with E-state index in [1.54, 1.807) is 11.9 Å². The summed E-state index contributed by atoms with van der Waals surface area (Å²) < 4.78 is 35.0. The van der Waals surface area contributed by atoms with Crippen LogP contribution in [0.3, 0.4) is 0 Å². The van der Waals surface area contributed by atoms with Gasteiger partial charge < -0.3 is 10.0 Å². The molecule has 0 aliphatic rings. The van der Waals surface area contributed by atoms with Gasteiger partial charge in [-0.15, -0.1) is 0 Å². The Balaban J connectivity index is 2.85. The first-order chi connectivity index (χ1) is 7.83. The second kappa shape index (κ2) is 5.46. The lowest BCUT2D eigenvalue weighted by Gasteiger charge is -2.21. The summed E-state index contributed by atoms with van der Waals surface area (Å²) in [6, 6.07) is 4.06. The highest BCUT2D eigenvalue weighted by atomic mass is 32.2. The van der Waals surface area contributed by atoms with Crippen LogP contribution in [0, 0.1) is 5.82 Å². The SMILES string of the molecule is CN(CCS(C)(=O)=O)c1ccc(F)cc1CO. The van der Waals surface area contributed by atoms with Crippen molar-refractivity contribution in [3.05, 3.63) is 29.6 Å². The molecule has 17 heavy (non-hydrogen) atoms. The number of hydrogen-bond acceptors (Lipinski definition) is 4. The summed E-state index contributed by atoms with van der Waals surface area (Å²) in [7, 11) is -1.33. The summed E-state index contributed by atoms with van der Waals surface area (Å²) in [6.07, 6.45) is 1.17. The van der Waals surface area contributed by atoms with E-state index in [0.717, 1.165) is 0 Å². The molecular weight excluding hydrogens is 245 g/mol. The maximum atomic E-state index is 12.9. The first-order valence-corrected chi connectivity index (χ1v) is 7.17. The Hall–Kier alpha value is -1.14. The number of anilines is 1. The summed E-state index contributed by atoms with van der Waals surface area (Å²) >= 11 is 0. The van der Waals surface area contributed by atoms with Crippen LogP contribution in [0.15, 0.2) is 18.2 Å². The molecule has 96 valence electrons. The third-order valence-electron chi connectivity index (χ3n) is 2.42. The van der Waals surface area contributed by atoms with Crippen LogP contribution in [0.4, 0.5) is 10.1 Å². The number of hydrogen-bond donors (Lipinski definition) is 1. The van der Waals surface area contributed by atoms with Crippen LogP contribution in [0.5, 0.6) is 0 Å². The molecule has 1 aromatic rings. The molecule has 0 amide bonds. The number of aliphatic hydroxyl groups excluding tert-OH is 1. The van der Waals surface area contributed by atoms with E-state index in [4.69, 9.17) is 5.11 Å². The van der Waals surface area contributed by atoms with Crippen LogP contribution >= 0.6 is 0 Å². The van der Waals surface area contributed by atoms with Crippen LogP contribution in [-0.4, -0.2) is 39.1 Å². The van der Waals surface area contributed by atoms with E-state index in [1.807, 2.05) is 0 Å². The van der Waals surface area contributed by atoms with Crippen LogP contribution in [0.25, 0.3) is 0 Å². The average molecular weight is 261 g/mol. The Morgan fingerprint density at radius 1 is 1.41 bits per heavy atom. The van der Waals surface area contributed by atoms with Gasteiger partial charge in [-0.05, 0) is 18.2 Å². The van der Waals surface area contributed by atoms with Crippen molar-refractivity contribution in [1.29, 1.82) is 0 Å². The lowest BCUT2D eigenvalue weighted by Crippen LogP contribution is -2.25. The van der Waals surface area contributed by atoms with Crippen LogP contribution in [0.2, 0.25) is 0 Å². The lowest BCUT2D eigenvalue weighted by molar-refractivity contribution is 0.281. The third kappa shape index (κ3) is 4.32. The Morgan fingerprint density at radius 3 is 2.59 bits per heavy atom. The van der Waals surface area contributed by atoms with Crippen molar-refractivity contribution in [3.63, 3.8) is 0 Å². The van der Waals surface area contributed by atoms with Gasteiger partial charge in [-0.1, -0.05) is 0 Å². The van der Waals surface area contributed by atoms with E-state index >= 15 is 0 Å². The Bertz CT molecular complexity index is 487. The van der Waals surface area contributed by atoms with Gasteiger partial charge >= 0.3 is 0 Å². The molecule has 6 heteroatoms. The van der Waals surface area contributed by atoms with Gasteiger partial charge in [0.15, 0.2) is 0 Å². The third-order valence-corrected chi connectivity index (χ3v) is 3.34. The van der Waals surface area contributed by atoms with Crippen molar-refractivity contribution >= 4 is 15.5 Å². The van der Waals surface area contributed by atoms with Crippen molar-refractivity contribution in [3.8, 4) is 0 Å². The maximum absolute atomic E-state index is 12.9. The summed E-state index contributed by atoms with van der Waals surface area (Å²) in [4.78, 5) is 1.69. The van der Waals surface area contributed by atoms with Gasteiger partial charge in [0.25, 0.3) is 0 Å². The molecule has 0 radical (unpaired) electrons. The highest BCUT2D eigenvalue weighted by Gasteiger charge is 2.10. The molecule has 0 atom stereocenters. The number of nitrogens with zero attached hydrogens (tertiary/aromatic N) is 1. The van der Waals surface area contributed by atoms with E-state index in [-0.39, 0.29) is 12.4 Å². The second-order valence-electron chi connectivity index (χ2n) is 3.98. The van der Waals surface area contributed by atoms with Crippen molar-refractivity contribution < 1.29 is 17.9 Å². The first kappa shape index (κ1) is 13.9. The molecular formula is C11H16FNO3S. The van der Waals surface area contributed by atoms with E-state index in [9.17, 15) is 12.8 Å². The number of aliphatic hydroxyl groups is 1. The molecule has 0 saturated carbocycles. The van der Waals surface area contributed by atoms with Gasteiger partial charge in [0, 0.05) is 31.1 Å². The molecule has 1 N–H and O–H groups in total.